The molecule has 0 bridgehead atoms. The number of nitrogens with one attached hydrogen (secondary N) is 2. The van der Waals surface area contributed by atoms with E-state index in [1.54, 1.807) is 0 Å². The highest BCUT2D eigenvalue weighted by Crippen LogP contribution is 2.36. The zero-order chi connectivity index (χ0) is 16.9. The van der Waals surface area contributed by atoms with Gasteiger partial charge in [-0.05, 0) is 68.8 Å². The molecule has 130 valence electrons. The van der Waals surface area contributed by atoms with Gasteiger partial charge in [0, 0.05) is 12.5 Å². The highest BCUT2D eigenvalue weighted by Gasteiger charge is 2.22. The minimum Gasteiger partial charge on any atom is -0.469 e. The molecule has 0 aromatic heterocycles. The number of benzene rings is 1. The van der Waals surface area contributed by atoms with Gasteiger partial charge < -0.3 is 10.1 Å². The van der Waals surface area contributed by atoms with Gasteiger partial charge in [-0.3, -0.25) is 10.3 Å². The third-order valence-corrected chi connectivity index (χ3v) is 4.34. The van der Waals surface area contributed by atoms with Crippen molar-refractivity contribution < 1.29 is 9.57 Å². The number of rotatable bonds is 8. The van der Waals surface area contributed by atoms with Crippen LogP contribution in [0.3, 0.4) is 0 Å². The fourth-order valence-electron chi connectivity index (χ4n) is 2.86. The Hall–Kier alpha value is -2.08. The van der Waals surface area contributed by atoms with Crippen molar-refractivity contribution in [2.45, 2.75) is 64.7 Å². The SMILES string of the molecule is CC(C)ONc1ccc2c(c1)OC(CCCC(N=O)=C1CCC1)N2. The predicted molar refractivity (Wildman–Crippen MR) is 94.8 cm³/mol. The number of nitroso groups, excluding NO2 is 1. The fourth-order valence-corrected chi connectivity index (χ4v) is 2.86. The van der Waals surface area contributed by atoms with Crippen molar-refractivity contribution in [2.75, 3.05) is 10.8 Å². The largest absolute Gasteiger partial charge is 0.469 e. The van der Waals surface area contributed by atoms with E-state index in [1.807, 2.05) is 32.0 Å². The normalized spacial score (nSPS) is 18.5. The van der Waals surface area contributed by atoms with Crippen LogP contribution in [-0.4, -0.2) is 12.3 Å². The van der Waals surface area contributed by atoms with Gasteiger partial charge >= 0.3 is 0 Å². The molecular weight excluding hydrogens is 306 g/mol. The molecule has 3 rings (SSSR count). The van der Waals surface area contributed by atoms with Crippen molar-refractivity contribution in [2.24, 2.45) is 5.18 Å². The summed E-state index contributed by atoms with van der Waals surface area (Å²) in [6, 6.07) is 5.87. The first-order chi connectivity index (χ1) is 11.7. The van der Waals surface area contributed by atoms with Crippen LogP contribution in [0.5, 0.6) is 5.75 Å². The molecule has 1 aliphatic carbocycles. The van der Waals surface area contributed by atoms with E-state index in [4.69, 9.17) is 9.57 Å². The number of hydrogen-bond acceptors (Lipinski definition) is 6. The summed E-state index contributed by atoms with van der Waals surface area (Å²) in [7, 11) is 0. The third kappa shape index (κ3) is 4.06. The van der Waals surface area contributed by atoms with Gasteiger partial charge in [0.05, 0.1) is 23.2 Å². The highest BCUT2D eigenvalue weighted by molar-refractivity contribution is 5.65. The molecule has 24 heavy (non-hydrogen) atoms. The molecule has 1 unspecified atom stereocenters. The molecule has 0 spiro atoms. The highest BCUT2D eigenvalue weighted by atomic mass is 16.7. The maximum atomic E-state index is 10.9. The van der Waals surface area contributed by atoms with Crippen molar-refractivity contribution in [3.05, 3.63) is 34.4 Å². The third-order valence-electron chi connectivity index (χ3n) is 4.34. The lowest BCUT2D eigenvalue weighted by Crippen LogP contribution is -2.19. The van der Waals surface area contributed by atoms with Crippen LogP contribution >= 0.6 is 0 Å². The van der Waals surface area contributed by atoms with Crippen molar-refractivity contribution >= 4 is 11.4 Å². The monoisotopic (exact) mass is 331 g/mol. The molecule has 0 radical (unpaired) electrons. The van der Waals surface area contributed by atoms with Crippen LogP contribution in [0.25, 0.3) is 0 Å². The molecule has 1 aliphatic heterocycles. The van der Waals surface area contributed by atoms with E-state index in [9.17, 15) is 4.91 Å². The van der Waals surface area contributed by atoms with E-state index in [0.717, 1.165) is 54.9 Å². The smallest absolute Gasteiger partial charge is 0.170 e. The Morgan fingerprint density at radius 3 is 2.96 bits per heavy atom. The topological polar surface area (TPSA) is 71.9 Å². The van der Waals surface area contributed by atoms with Crippen molar-refractivity contribution in [1.82, 2.24) is 0 Å². The number of nitrogens with zero attached hydrogens (tertiary/aromatic N) is 1. The van der Waals surface area contributed by atoms with Gasteiger partial charge in [-0.25, -0.2) is 0 Å². The molecule has 1 saturated carbocycles. The van der Waals surface area contributed by atoms with Crippen LogP contribution in [0.4, 0.5) is 11.4 Å². The molecule has 6 nitrogen and oxygen atoms in total. The first-order valence-electron chi connectivity index (χ1n) is 8.69. The second-order valence-corrected chi connectivity index (χ2v) is 6.62. The molecule has 0 amide bonds. The molecule has 1 fully saturated rings. The average Bonchev–Trinajstić information content (AvgIpc) is 2.91. The van der Waals surface area contributed by atoms with Crippen LogP contribution in [0.1, 0.15) is 52.4 Å². The zero-order valence-electron chi connectivity index (χ0n) is 14.3. The fraction of sp³-hybridized carbons (Fsp3) is 0.556. The number of allylic oxidation sites excluding steroid dienone is 2. The predicted octanol–water partition coefficient (Wildman–Crippen LogP) is 4.94. The molecule has 1 aromatic carbocycles. The van der Waals surface area contributed by atoms with Crippen LogP contribution in [-0.2, 0) is 4.84 Å². The summed E-state index contributed by atoms with van der Waals surface area (Å²) < 4.78 is 5.94. The summed E-state index contributed by atoms with van der Waals surface area (Å²) in [4.78, 5) is 16.3. The quantitative estimate of drug-likeness (QED) is 0.521. The van der Waals surface area contributed by atoms with E-state index in [-0.39, 0.29) is 12.3 Å². The molecule has 2 aliphatic rings. The van der Waals surface area contributed by atoms with Gasteiger partial charge in [0.2, 0.25) is 0 Å². The van der Waals surface area contributed by atoms with Crippen LogP contribution < -0.4 is 15.5 Å². The van der Waals surface area contributed by atoms with Gasteiger partial charge in [-0.2, -0.15) is 0 Å². The van der Waals surface area contributed by atoms with E-state index < -0.39 is 0 Å². The summed E-state index contributed by atoms with van der Waals surface area (Å²) in [6.07, 6.45) is 5.79. The Balaban J connectivity index is 1.48. The lowest BCUT2D eigenvalue weighted by Gasteiger charge is -2.18. The van der Waals surface area contributed by atoms with Gasteiger partial charge in [-0.15, -0.1) is 4.91 Å². The second kappa shape index (κ2) is 7.66. The first kappa shape index (κ1) is 16.8. The van der Waals surface area contributed by atoms with E-state index in [0.29, 0.717) is 0 Å². The summed E-state index contributed by atoms with van der Waals surface area (Å²) in [5, 5.41) is 6.57. The molecule has 6 heteroatoms. The Morgan fingerprint density at radius 2 is 2.29 bits per heavy atom. The van der Waals surface area contributed by atoms with E-state index >= 15 is 0 Å². The van der Waals surface area contributed by atoms with Crippen LogP contribution in [0, 0.1) is 4.91 Å². The van der Waals surface area contributed by atoms with Gasteiger partial charge in [0.25, 0.3) is 0 Å². The molecule has 1 aromatic rings. The average molecular weight is 331 g/mol. The van der Waals surface area contributed by atoms with E-state index in [2.05, 4.69) is 16.0 Å². The Morgan fingerprint density at radius 1 is 1.46 bits per heavy atom. The lowest BCUT2D eigenvalue weighted by atomic mass is 9.89. The number of fused-ring (bicyclic) bond motifs is 1. The van der Waals surface area contributed by atoms with Crippen molar-refractivity contribution in [1.29, 1.82) is 0 Å². The molecule has 1 heterocycles. The van der Waals surface area contributed by atoms with Crippen molar-refractivity contribution in [3.63, 3.8) is 0 Å². The van der Waals surface area contributed by atoms with Gasteiger partial charge in [-0.1, -0.05) is 0 Å². The second-order valence-electron chi connectivity index (χ2n) is 6.62. The Kier molecular flexibility index (Phi) is 5.35. The Labute approximate surface area is 142 Å². The summed E-state index contributed by atoms with van der Waals surface area (Å²) in [6.45, 7) is 3.94. The maximum Gasteiger partial charge on any atom is 0.170 e. The molecule has 0 saturated heterocycles. The molecular formula is C18H25N3O3. The first-order valence-corrected chi connectivity index (χ1v) is 8.69. The summed E-state index contributed by atoms with van der Waals surface area (Å²) in [5.74, 6) is 0.823. The van der Waals surface area contributed by atoms with Crippen LogP contribution in [0.15, 0.2) is 34.6 Å². The summed E-state index contributed by atoms with van der Waals surface area (Å²) >= 11 is 0. The van der Waals surface area contributed by atoms with Gasteiger partial charge in [0.15, 0.2) is 6.23 Å². The van der Waals surface area contributed by atoms with Crippen LogP contribution in [0.2, 0.25) is 0 Å². The zero-order valence-corrected chi connectivity index (χ0v) is 14.3. The number of hydrogen-bond donors (Lipinski definition) is 2. The van der Waals surface area contributed by atoms with Crippen molar-refractivity contribution in [3.8, 4) is 5.75 Å². The maximum absolute atomic E-state index is 10.9. The molecule has 2 N–H and O–H groups in total. The van der Waals surface area contributed by atoms with E-state index in [1.165, 1.54) is 12.0 Å². The standard InChI is InChI=1S/C18H25N3O3/c1-12(2)24-21-14-9-10-16-17(11-14)23-18(19-16)8-4-7-15(20-22)13-5-3-6-13/h9-12,18-19,21H,3-8H2,1-2H3. The summed E-state index contributed by atoms with van der Waals surface area (Å²) in [5.41, 5.74) is 6.78. The minimum atomic E-state index is -0.0550. The molecule has 1 atom stereocenters. The lowest BCUT2D eigenvalue weighted by molar-refractivity contribution is 0.130. The Bertz CT molecular complexity index is 622. The number of ether oxygens (including phenoxy) is 1. The minimum absolute atomic E-state index is 0.0550. The van der Waals surface area contributed by atoms with Gasteiger partial charge in [0.1, 0.15) is 5.75 Å². The number of anilines is 2.